The number of carboxylic acids is 2. The summed E-state index contributed by atoms with van der Waals surface area (Å²) in [7, 11) is 4.41. The van der Waals surface area contributed by atoms with E-state index in [9.17, 15) is 19.8 Å². The van der Waals surface area contributed by atoms with E-state index in [0.717, 1.165) is 25.9 Å². The molecular weight excluding hydrogens is 532 g/mol. The molecule has 0 aliphatic carbocycles. The summed E-state index contributed by atoms with van der Waals surface area (Å²) in [4.78, 5) is 24.0. The lowest BCUT2D eigenvalue weighted by molar-refractivity contribution is -0.134. The van der Waals surface area contributed by atoms with Crippen LogP contribution in [0.3, 0.4) is 0 Å². The molecule has 2 atom stereocenters. The molecule has 4 rings (SSSR count). The highest BCUT2D eigenvalue weighted by atomic mass is 16.4. The number of hydrogen-bond donors (Lipinski definition) is 4. The van der Waals surface area contributed by atoms with Gasteiger partial charge < -0.3 is 30.2 Å². The molecule has 0 radical (unpaired) electrons. The summed E-state index contributed by atoms with van der Waals surface area (Å²) in [5.74, 6) is -1.73. The van der Waals surface area contributed by atoms with Gasteiger partial charge in [-0.15, -0.1) is 0 Å². The summed E-state index contributed by atoms with van der Waals surface area (Å²) in [5.41, 5.74) is 3.05. The Hall–Kier alpha value is -3.36. The first-order chi connectivity index (χ1) is 19.9. The number of aromatic hydroxyl groups is 2. The first-order valence-electron chi connectivity index (χ1n) is 15.1. The molecule has 2 aromatic rings. The number of nitrogens with zero attached hydrogens (tertiary/aromatic N) is 2. The van der Waals surface area contributed by atoms with E-state index in [4.69, 9.17) is 10.2 Å². The third-order valence-corrected chi connectivity index (χ3v) is 8.67. The predicted octanol–water partition coefficient (Wildman–Crippen LogP) is 6.02. The fourth-order valence-corrected chi connectivity index (χ4v) is 6.31. The maximum Gasteiger partial charge on any atom is 0.328 e. The number of likely N-dealkylation sites (tertiary alicyclic amines) is 2. The van der Waals surface area contributed by atoms with Crippen LogP contribution in [0.15, 0.2) is 60.7 Å². The Bertz CT molecular complexity index is 1080. The summed E-state index contributed by atoms with van der Waals surface area (Å²) >= 11 is 0. The van der Waals surface area contributed by atoms with E-state index in [0.29, 0.717) is 23.7 Å². The summed E-state index contributed by atoms with van der Waals surface area (Å²) in [6.07, 6.45) is 11.0. The van der Waals surface area contributed by atoms with Crippen molar-refractivity contribution < 1.29 is 30.0 Å². The van der Waals surface area contributed by atoms with Gasteiger partial charge in [0.1, 0.15) is 11.5 Å². The smallest absolute Gasteiger partial charge is 0.328 e. The van der Waals surface area contributed by atoms with Gasteiger partial charge in [-0.2, -0.15) is 0 Å². The molecule has 8 nitrogen and oxygen atoms in total. The standard InChI is InChI=1S/2C15H23NO.C4H4O4/c2*1-3-15(9-4-5-10-16(2)12-15)13-7-6-8-14(17)11-13;5-3(6)1-2-4(7)8/h2*6-8,11,17H,3-5,9-10,12H2,1-2H3;1-2H,(H,5,6)(H,7,8)/b;;2-1-. The van der Waals surface area contributed by atoms with Crippen molar-refractivity contribution in [3.8, 4) is 11.5 Å². The molecule has 232 valence electrons. The van der Waals surface area contributed by atoms with Gasteiger partial charge in [-0.3, -0.25) is 0 Å². The van der Waals surface area contributed by atoms with Gasteiger partial charge in [0, 0.05) is 36.1 Å². The van der Waals surface area contributed by atoms with E-state index in [1.54, 1.807) is 12.1 Å². The number of carboxylic acid groups (broad SMARTS) is 2. The Kier molecular flexibility index (Phi) is 14.0. The number of likely N-dealkylation sites (N-methyl/N-ethyl adjacent to an activating group) is 2. The van der Waals surface area contributed by atoms with Gasteiger partial charge in [0.15, 0.2) is 0 Å². The van der Waals surface area contributed by atoms with E-state index < -0.39 is 11.9 Å². The molecule has 8 heteroatoms. The Morgan fingerprint density at radius 1 is 0.714 bits per heavy atom. The second kappa shape index (κ2) is 16.9. The van der Waals surface area contributed by atoms with Gasteiger partial charge in [-0.1, -0.05) is 51.0 Å². The number of hydrogen-bond acceptors (Lipinski definition) is 6. The van der Waals surface area contributed by atoms with Crippen LogP contribution in [0.2, 0.25) is 0 Å². The lowest BCUT2D eigenvalue weighted by Gasteiger charge is -2.35. The summed E-state index contributed by atoms with van der Waals surface area (Å²) in [6.45, 7) is 9.13. The lowest BCUT2D eigenvalue weighted by atomic mass is 9.74. The van der Waals surface area contributed by atoms with Crippen LogP contribution in [0.4, 0.5) is 0 Å². The van der Waals surface area contributed by atoms with Crippen molar-refractivity contribution in [2.45, 2.75) is 76.0 Å². The molecule has 4 N–H and O–H groups in total. The number of benzene rings is 2. The highest BCUT2D eigenvalue weighted by Gasteiger charge is 2.34. The Labute approximate surface area is 251 Å². The Balaban J connectivity index is 0.000000236. The fraction of sp³-hybridized carbons (Fsp3) is 0.529. The predicted molar refractivity (Wildman–Crippen MR) is 167 cm³/mol. The summed E-state index contributed by atoms with van der Waals surface area (Å²) < 4.78 is 0. The van der Waals surface area contributed by atoms with E-state index in [-0.39, 0.29) is 10.8 Å². The van der Waals surface area contributed by atoms with Gasteiger partial charge in [0.2, 0.25) is 0 Å². The number of carbonyl (C=O) groups is 2. The molecule has 42 heavy (non-hydrogen) atoms. The SMILES string of the molecule is CCC1(c2cccc(O)c2)CCCCN(C)C1.CCC1(c2cccc(O)c2)CCCCN(C)C1.O=C(O)/C=C\C(=O)O. The van der Waals surface area contributed by atoms with Gasteiger partial charge in [0.25, 0.3) is 0 Å². The quantitative estimate of drug-likeness (QED) is 0.305. The van der Waals surface area contributed by atoms with Crippen LogP contribution in [0.25, 0.3) is 0 Å². The van der Waals surface area contributed by atoms with Gasteiger partial charge in [0.05, 0.1) is 0 Å². The first-order valence-corrected chi connectivity index (χ1v) is 15.1. The zero-order valence-electron chi connectivity index (χ0n) is 25.8. The monoisotopic (exact) mass is 582 g/mol. The molecular formula is C34H50N2O6. The van der Waals surface area contributed by atoms with Crippen LogP contribution < -0.4 is 0 Å². The van der Waals surface area contributed by atoms with E-state index in [1.165, 1.54) is 62.7 Å². The second-order valence-electron chi connectivity index (χ2n) is 11.8. The van der Waals surface area contributed by atoms with E-state index in [2.05, 4.69) is 49.9 Å². The lowest BCUT2D eigenvalue weighted by Crippen LogP contribution is -2.37. The minimum atomic E-state index is -1.26. The average molecular weight is 583 g/mol. The minimum absolute atomic E-state index is 0.226. The van der Waals surface area contributed by atoms with Crippen molar-refractivity contribution in [1.82, 2.24) is 9.80 Å². The number of phenolic OH excluding ortho intramolecular Hbond substituents is 2. The molecule has 2 aliphatic rings. The molecule has 2 fully saturated rings. The fourth-order valence-electron chi connectivity index (χ4n) is 6.31. The topological polar surface area (TPSA) is 122 Å². The summed E-state index contributed by atoms with van der Waals surface area (Å²) in [5, 5.41) is 35.0. The van der Waals surface area contributed by atoms with Gasteiger partial charge in [-0.05, 0) is 101 Å². The van der Waals surface area contributed by atoms with Crippen molar-refractivity contribution in [3.05, 3.63) is 71.8 Å². The van der Waals surface area contributed by atoms with Crippen LogP contribution in [0.1, 0.15) is 76.3 Å². The number of rotatable bonds is 6. The third-order valence-electron chi connectivity index (χ3n) is 8.67. The Morgan fingerprint density at radius 3 is 1.40 bits per heavy atom. The molecule has 0 bridgehead atoms. The number of aliphatic carboxylic acids is 2. The van der Waals surface area contributed by atoms with Crippen LogP contribution in [-0.2, 0) is 20.4 Å². The van der Waals surface area contributed by atoms with E-state index >= 15 is 0 Å². The molecule has 0 spiro atoms. The van der Waals surface area contributed by atoms with E-state index in [1.807, 2.05) is 24.3 Å². The molecule has 0 amide bonds. The van der Waals surface area contributed by atoms with Gasteiger partial charge in [-0.25, -0.2) is 9.59 Å². The maximum absolute atomic E-state index is 9.68. The Morgan fingerprint density at radius 2 is 1.10 bits per heavy atom. The zero-order chi connectivity index (χ0) is 31.2. The highest BCUT2D eigenvalue weighted by Crippen LogP contribution is 2.38. The van der Waals surface area contributed by atoms with Gasteiger partial charge >= 0.3 is 11.9 Å². The zero-order valence-corrected chi connectivity index (χ0v) is 25.8. The summed E-state index contributed by atoms with van der Waals surface area (Å²) in [6, 6.07) is 15.7. The van der Waals surface area contributed by atoms with Crippen molar-refractivity contribution in [2.24, 2.45) is 0 Å². The molecule has 2 aliphatic heterocycles. The molecule has 2 heterocycles. The first kappa shape index (κ1) is 34.8. The van der Waals surface area contributed by atoms with Crippen LogP contribution >= 0.6 is 0 Å². The molecule has 2 unspecified atom stereocenters. The third kappa shape index (κ3) is 10.8. The van der Waals surface area contributed by atoms with Crippen molar-refractivity contribution in [1.29, 1.82) is 0 Å². The van der Waals surface area contributed by atoms with Crippen LogP contribution in [-0.4, -0.2) is 82.4 Å². The normalized spacial score (nSPS) is 23.4. The minimum Gasteiger partial charge on any atom is -0.508 e. The molecule has 2 saturated heterocycles. The maximum atomic E-state index is 9.68. The van der Waals surface area contributed by atoms with Crippen molar-refractivity contribution in [2.75, 3.05) is 40.3 Å². The second-order valence-corrected chi connectivity index (χ2v) is 11.8. The largest absolute Gasteiger partial charge is 0.508 e. The highest BCUT2D eigenvalue weighted by molar-refractivity contribution is 5.89. The molecule has 0 saturated carbocycles. The van der Waals surface area contributed by atoms with Crippen molar-refractivity contribution in [3.63, 3.8) is 0 Å². The molecule has 0 aromatic heterocycles. The molecule has 2 aromatic carbocycles. The van der Waals surface area contributed by atoms with Crippen LogP contribution in [0.5, 0.6) is 11.5 Å². The van der Waals surface area contributed by atoms with Crippen molar-refractivity contribution >= 4 is 11.9 Å². The average Bonchev–Trinajstić information content (AvgIpc) is 3.28. The number of phenols is 2. The van der Waals surface area contributed by atoms with Crippen LogP contribution in [0, 0.1) is 0 Å².